The van der Waals surface area contributed by atoms with E-state index < -0.39 is 66.3 Å². The molecule has 14 heteroatoms. The maximum atomic E-state index is 14.3. The summed E-state index contributed by atoms with van der Waals surface area (Å²) < 4.78 is 14.4. The number of morpholine rings is 1. The maximum absolute atomic E-state index is 14.3. The number of benzene rings is 1. The second-order valence-corrected chi connectivity index (χ2v) is 16.2. The van der Waals surface area contributed by atoms with E-state index in [9.17, 15) is 29.1 Å². The van der Waals surface area contributed by atoms with Gasteiger partial charge in [0, 0.05) is 50.0 Å². The molecule has 13 nitrogen and oxygen atoms in total. The lowest BCUT2D eigenvalue weighted by molar-refractivity contribution is -0.196. The molecule has 2 aliphatic rings. The molecule has 2 heterocycles. The van der Waals surface area contributed by atoms with Gasteiger partial charge in [-0.05, 0) is 43.7 Å². The average Bonchev–Trinajstić information content (AvgIpc) is 3.59. The van der Waals surface area contributed by atoms with Gasteiger partial charge in [0.25, 0.3) is 5.91 Å². The van der Waals surface area contributed by atoms with Crippen molar-refractivity contribution in [1.29, 1.82) is 0 Å². The van der Waals surface area contributed by atoms with Gasteiger partial charge in [0.2, 0.25) is 17.7 Å². The zero-order valence-corrected chi connectivity index (χ0v) is 34.2. The maximum Gasteiger partial charge on any atom is 0.326 e. The van der Waals surface area contributed by atoms with Crippen molar-refractivity contribution in [1.82, 2.24) is 23.5 Å². The molecule has 52 heavy (non-hydrogen) atoms. The molecule has 2 fully saturated rings. The van der Waals surface area contributed by atoms with Crippen molar-refractivity contribution in [2.75, 3.05) is 27.7 Å². The van der Waals surface area contributed by atoms with Crippen LogP contribution in [0, 0.1) is 17.8 Å². The van der Waals surface area contributed by atoms with Gasteiger partial charge in [-0.2, -0.15) is 0 Å². The van der Waals surface area contributed by atoms with Crippen LogP contribution < -0.4 is 10.6 Å². The van der Waals surface area contributed by atoms with Crippen LogP contribution in [0.3, 0.4) is 0 Å². The fourth-order valence-electron chi connectivity index (χ4n) is 7.40. The number of nitrogens with one attached hydrogen (secondary N) is 2. The number of carboxylic acid groups (broad SMARTS) is 1. The quantitative estimate of drug-likeness (QED) is 0.115. The van der Waals surface area contributed by atoms with Crippen LogP contribution in [0.25, 0.3) is 0 Å². The Morgan fingerprint density at radius 3 is 2.19 bits per heavy atom. The van der Waals surface area contributed by atoms with E-state index in [0.717, 1.165) is 5.56 Å². The zero-order chi connectivity index (χ0) is 39.0. The van der Waals surface area contributed by atoms with Gasteiger partial charge in [0.05, 0.1) is 24.1 Å². The molecule has 2 aliphatic heterocycles. The number of hydrogen-bond acceptors (Lipinski definition) is 8. The van der Waals surface area contributed by atoms with Crippen LogP contribution in [0.2, 0.25) is 0 Å². The third-order valence-corrected chi connectivity index (χ3v) is 10.9. The second kappa shape index (κ2) is 19.3. The van der Waals surface area contributed by atoms with E-state index in [-0.39, 0.29) is 36.0 Å². The summed E-state index contributed by atoms with van der Waals surface area (Å²) >= 11 is 2.08. The summed E-state index contributed by atoms with van der Waals surface area (Å²) in [6.45, 7) is 15.9. The number of fused-ring (bicyclic) bond motifs is 1. The van der Waals surface area contributed by atoms with E-state index in [1.807, 2.05) is 59.9 Å². The number of carbonyl (C=O) groups excluding carboxylic acids is 4. The Bertz CT molecular complexity index is 1420. The number of likely N-dealkylation sites (N-methyl/N-ethyl adjacent to an activating group) is 2. The number of rotatable bonds is 18. The minimum atomic E-state index is -1.20. The van der Waals surface area contributed by atoms with E-state index in [4.69, 9.17) is 9.47 Å². The van der Waals surface area contributed by atoms with E-state index in [1.165, 1.54) is 12.0 Å². The Morgan fingerprint density at radius 1 is 1.04 bits per heavy atom. The molecule has 0 radical (unpaired) electrons. The molecule has 0 saturated carbocycles. The summed E-state index contributed by atoms with van der Waals surface area (Å²) in [6, 6.07) is 5.35. The van der Waals surface area contributed by atoms with Crippen LogP contribution in [0.15, 0.2) is 42.5 Å². The molecule has 9 atom stereocenters. The SMILES string of the molecule is C=C(CC)[C@@H](C(OC)C1OC([C@@H](C)C(=O)NC(Cc2ccccc2)C(=O)O)[C@@H]2CCCN2C1=O)N(C)C(=O)[C@@H](NC(=O)C(C(C)C)N(C)I)C(C)C. The molecular formula is C38H58IN5O8. The monoisotopic (exact) mass is 839 g/mol. The molecule has 290 valence electrons. The summed E-state index contributed by atoms with van der Waals surface area (Å²) in [5.74, 6) is -3.70. The Morgan fingerprint density at radius 2 is 1.67 bits per heavy atom. The van der Waals surface area contributed by atoms with Crippen LogP contribution in [0.1, 0.15) is 66.4 Å². The van der Waals surface area contributed by atoms with Crippen molar-refractivity contribution >= 4 is 52.5 Å². The third-order valence-electron chi connectivity index (χ3n) is 10.3. The molecule has 0 bridgehead atoms. The molecule has 2 saturated heterocycles. The Kier molecular flexibility index (Phi) is 16.1. The van der Waals surface area contributed by atoms with Gasteiger partial charge < -0.3 is 35.0 Å². The van der Waals surface area contributed by atoms with Crippen molar-refractivity contribution < 1.29 is 38.6 Å². The third kappa shape index (κ3) is 10.1. The highest BCUT2D eigenvalue weighted by Gasteiger charge is 2.53. The van der Waals surface area contributed by atoms with Crippen LogP contribution in [0.4, 0.5) is 0 Å². The van der Waals surface area contributed by atoms with Gasteiger partial charge in [0.15, 0.2) is 6.10 Å². The van der Waals surface area contributed by atoms with E-state index in [0.29, 0.717) is 31.4 Å². The fraction of sp³-hybridized carbons (Fsp3) is 0.658. The molecule has 1 aromatic carbocycles. The lowest BCUT2D eigenvalue weighted by Crippen LogP contribution is -2.66. The molecule has 3 N–H and O–H groups in total. The molecule has 0 spiro atoms. The predicted molar refractivity (Wildman–Crippen MR) is 206 cm³/mol. The first-order valence-electron chi connectivity index (χ1n) is 18.2. The number of hydrogen-bond donors (Lipinski definition) is 3. The van der Waals surface area contributed by atoms with Crippen LogP contribution in [-0.2, 0) is 39.9 Å². The summed E-state index contributed by atoms with van der Waals surface area (Å²) in [7, 11) is 4.87. The second-order valence-electron chi connectivity index (χ2n) is 14.7. The molecule has 5 unspecified atom stereocenters. The first kappa shape index (κ1) is 43.3. The highest BCUT2D eigenvalue weighted by Crippen LogP contribution is 2.36. The van der Waals surface area contributed by atoms with Gasteiger partial charge >= 0.3 is 5.97 Å². The molecule has 0 aliphatic carbocycles. The molecule has 1 aromatic rings. The van der Waals surface area contributed by atoms with Crippen molar-refractivity contribution in [3.05, 3.63) is 48.0 Å². The number of ether oxygens (including phenoxy) is 2. The summed E-state index contributed by atoms with van der Waals surface area (Å²) in [5.41, 5.74) is 1.39. The summed E-state index contributed by atoms with van der Waals surface area (Å²) in [5, 5.41) is 15.6. The number of carbonyl (C=O) groups is 5. The Balaban J connectivity index is 1.92. The smallest absolute Gasteiger partial charge is 0.326 e. The predicted octanol–water partition coefficient (Wildman–Crippen LogP) is 3.45. The highest BCUT2D eigenvalue weighted by molar-refractivity contribution is 14.1. The number of nitrogens with zero attached hydrogens (tertiary/aromatic N) is 3. The van der Waals surface area contributed by atoms with Gasteiger partial charge in [-0.3, -0.25) is 19.2 Å². The standard InChI is InChI=1S/C38H58IN5O8/c1-11-23(6)30(42(8)36(47)28(21(2)3)41-35(46)29(22(4)5)43(9)39)32(51-10)33-37(48)44-19-15-18-27(44)31(52-33)24(7)34(45)40-26(38(49)50)20-25-16-13-12-14-17-25/h12-14,16-17,21-22,24,26-33H,6,11,15,18-20H2,1-5,7-10H3,(H,40,45)(H,41,46)(H,49,50)/t24-,26?,27+,28+,29?,30+,31?,32?,33?/m1/s1. The average molecular weight is 840 g/mol. The number of methoxy groups -OCH3 is 1. The number of amides is 4. The van der Waals surface area contributed by atoms with Crippen LogP contribution >= 0.6 is 22.9 Å². The topological polar surface area (TPSA) is 158 Å². The minimum absolute atomic E-state index is 0.00629. The van der Waals surface area contributed by atoms with Gasteiger partial charge in [-0.15, -0.1) is 0 Å². The van der Waals surface area contributed by atoms with E-state index >= 15 is 0 Å². The number of aliphatic carboxylic acids is 1. The first-order chi connectivity index (χ1) is 24.5. The largest absolute Gasteiger partial charge is 0.480 e. The zero-order valence-electron chi connectivity index (χ0n) is 32.0. The fourth-order valence-corrected chi connectivity index (χ4v) is 8.29. The van der Waals surface area contributed by atoms with Crippen molar-refractivity contribution in [3.63, 3.8) is 0 Å². The van der Waals surface area contributed by atoms with Crippen molar-refractivity contribution in [3.8, 4) is 0 Å². The summed E-state index contributed by atoms with van der Waals surface area (Å²) in [6.07, 6.45) is -1.08. The Labute approximate surface area is 322 Å². The van der Waals surface area contributed by atoms with E-state index in [1.54, 1.807) is 34.1 Å². The molecule has 4 amide bonds. The van der Waals surface area contributed by atoms with Gasteiger partial charge in [-0.25, -0.2) is 7.91 Å². The summed E-state index contributed by atoms with van der Waals surface area (Å²) in [4.78, 5) is 71.1. The normalized spacial score (nSPS) is 22.3. The molecule has 0 aromatic heterocycles. The number of halogens is 1. The molecule has 3 rings (SSSR count). The van der Waals surface area contributed by atoms with E-state index in [2.05, 4.69) is 40.1 Å². The van der Waals surface area contributed by atoms with Crippen molar-refractivity contribution in [2.45, 2.75) is 116 Å². The van der Waals surface area contributed by atoms with Crippen molar-refractivity contribution in [2.24, 2.45) is 17.8 Å². The van der Waals surface area contributed by atoms with Gasteiger partial charge in [0.1, 0.15) is 24.2 Å². The lowest BCUT2D eigenvalue weighted by atomic mass is 9.88. The van der Waals surface area contributed by atoms with Crippen LogP contribution in [-0.4, -0.2) is 124 Å². The Hall–Kier alpha value is -3.08. The molecular weight excluding hydrogens is 781 g/mol. The lowest BCUT2D eigenvalue weighted by Gasteiger charge is -2.47. The van der Waals surface area contributed by atoms with Crippen LogP contribution in [0.5, 0.6) is 0 Å². The minimum Gasteiger partial charge on any atom is -0.480 e. The van der Waals surface area contributed by atoms with Gasteiger partial charge in [-0.1, -0.05) is 84.0 Å². The number of carboxylic acids is 1. The highest BCUT2D eigenvalue weighted by atomic mass is 127. The first-order valence-corrected chi connectivity index (χ1v) is 19.1.